The lowest BCUT2D eigenvalue weighted by Crippen LogP contribution is -2.40. The summed E-state index contributed by atoms with van der Waals surface area (Å²) < 4.78 is 5.97. The molecule has 4 nitrogen and oxygen atoms in total. The Hall–Kier alpha value is -2.07. The highest BCUT2D eigenvalue weighted by Crippen LogP contribution is 2.33. The van der Waals surface area contributed by atoms with E-state index in [1.54, 1.807) is 0 Å². The number of nitrogens with one attached hydrogen (secondary N) is 2. The SMILES string of the molecule is CC1(C)CNc2cc(CCNCc3ccncc3)ccc2O1. The molecule has 1 aromatic heterocycles. The number of aromatic nitrogens is 1. The molecule has 22 heavy (non-hydrogen) atoms. The van der Waals surface area contributed by atoms with Crippen molar-refractivity contribution >= 4 is 5.69 Å². The average molecular weight is 297 g/mol. The van der Waals surface area contributed by atoms with Crippen molar-refractivity contribution in [1.82, 2.24) is 10.3 Å². The fourth-order valence-corrected chi connectivity index (χ4v) is 2.57. The monoisotopic (exact) mass is 297 g/mol. The summed E-state index contributed by atoms with van der Waals surface area (Å²) in [6.07, 6.45) is 4.66. The minimum Gasteiger partial charge on any atom is -0.484 e. The van der Waals surface area contributed by atoms with E-state index in [9.17, 15) is 0 Å². The zero-order valence-corrected chi connectivity index (χ0v) is 13.2. The first-order valence-electron chi connectivity index (χ1n) is 7.78. The molecule has 4 heteroatoms. The van der Waals surface area contributed by atoms with Gasteiger partial charge in [-0.15, -0.1) is 0 Å². The Morgan fingerprint density at radius 2 is 2.00 bits per heavy atom. The summed E-state index contributed by atoms with van der Waals surface area (Å²) in [5, 5.41) is 6.92. The topological polar surface area (TPSA) is 46.2 Å². The number of hydrogen-bond acceptors (Lipinski definition) is 4. The van der Waals surface area contributed by atoms with E-state index in [2.05, 4.69) is 47.7 Å². The lowest BCUT2D eigenvalue weighted by Gasteiger charge is -2.33. The molecule has 0 saturated carbocycles. The van der Waals surface area contributed by atoms with Crippen molar-refractivity contribution in [3.8, 4) is 5.75 Å². The molecule has 2 heterocycles. The van der Waals surface area contributed by atoms with Crippen molar-refractivity contribution in [3.05, 3.63) is 53.9 Å². The van der Waals surface area contributed by atoms with Crippen LogP contribution in [0.5, 0.6) is 5.75 Å². The van der Waals surface area contributed by atoms with E-state index in [0.29, 0.717) is 0 Å². The summed E-state index contributed by atoms with van der Waals surface area (Å²) in [5.74, 6) is 0.949. The Kier molecular flexibility index (Phi) is 4.29. The minimum atomic E-state index is -0.138. The van der Waals surface area contributed by atoms with Gasteiger partial charge in [0.2, 0.25) is 0 Å². The maximum Gasteiger partial charge on any atom is 0.143 e. The fourth-order valence-electron chi connectivity index (χ4n) is 2.57. The molecule has 0 bridgehead atoms. The van der Waals surface area contributed by atoms with E-state index >= 15 is 0 Å². The standard InChI is InChI=1S/C18H23N3O/c1-18(2)13-21-16-11-14(3-4-17(16)22-18)5-10-20-12-15-6-8-19-9-7-15/h3-4,6-9,11,20-21H,5,10,12-13H2,1-2H3. The second-order valence-corrected chi connectivity index (χ2v) is 6.33. The predicted octanol–water partition coefficient (Wildman–Crippen LogP) is 3.00. The maximum absolute atomic E-state index is 5.97. The lowest BCUT2D eigenvalue weighted by molar-refractivity contribution is 0.116. The second kappa shape index (κ2) is 6.36. The number of nitrogens with zero attached hydrogens (tertiary/aromatic N) is 1. The predicted molar refractivity (Wildman–Crippen MR) is 89.3 cm³/mol. The number of ether oxygens (including phenoxy) is 1. The third-order valence-electron chi connectivity index (χ3n) is 3.80. The van der Waals surface area contributed by atoms with E-state index in [-0.39, 0.29) is 5.60 Å². The zero-order valence-electron chi connectivity index (χ0n) is 13.2. The van der Waals surface area contributed by atoms with Gasteiger partial charge in [-0.2, -0.15) is 0 Å². The Labute approximate surface area is 131 Å². The van der Waals surface area contributed by atoms with Gasteiger partial charge < -0.3 is 15.4 Å². The van der Waals surface area contributed by atoms with Crippen LogP contribution in [0.15, 0.2) is 42.7 Å². The van der Waals surface area contributed by atoms with Crippen molar-refractivity contribution in [1.29, 1.82) is 0 Å². The zero-order chi connectivity index (χ0) is 15.4. The van der Waals surface area contributed by atoms with Gasteiger partial charge in [0.25, 0.3) is 0 Å². The summed E-state index contributed by atoms with van der Waals surface area (Å²) >= 11 is 0. The molecule has 1 aliphatic rings. The van der Waals surface area contributed by atoms with Crippen LogP contribution in [0.25, 0.3) is 0 Å². The number of rotatable bonds is 5. The van der Waals surface area contributed by atoms with E-state index in [4.69, 9.17) is 4.74 Å². The molecule has 0 unspecified atom stereocenters. The van der Waals surface area contributed by atoms with Gasteiger partial charge in [-0.25, -0.2) is 0 Å². The van der Waals surface area contributed by atoms with Crippen LogP contribution >= 0.6 is 0 Å². The number of benzene rings is 1. The highest BCUT2D eigenvalue weighted by Gasteiger charge is 2.25. The fraction of sp³-hybridized carbons (Fsp3) is 0.389. The number of pyridine rings is 1. The van der Waals surface area contributed by atoms with Gasteiger partial charge in [-0.1, -0.05) is 6.07 Å². The molecule has 2 N–H and O–H groups in total. The Bertz CT molecular complexity index is 625. The number of hydrogen-bond donors (Lipinski definition) is 2. The number of fused-ring (bicyclic) bond motifs is 1. The van der Waals surface area contributed by atoms with Gasteiger partial charge in [0.1, 0.15) is 11.4 Å². The molecule has 1 aromatic carbocycles. The summed E-state index contributed by atoms with van der Waals surface area (Å²) in [5.41, 5.74) is 3.54. The van der Waals surface area contributed by atoms with E-state index in [0.717, 1.165) is 37.5 Å². The Morgan fingerprint density at radius 3 is 2.82 bits per heavy atom. The molecule has 0 atom stereocenters. The van der Waals surface area contributed by atoms with Crippen LogP contribution in [0.4, 0.5) is 5.69 Å². The van der Waals surface area contributed by atoms with Crippen LogP contribution in [0.3, 0.4) is 0 Å². The first-order chi connectivity index (χ1) is 10.6. The molecule has 3 rings (SSSR count). The Morgan fingerprint density at radius 1 is 1.18 bits per heavy atom. The van der Waals surface area contributed by atoms with Crippen LogP contribution in [-0.2, 0) is 13.0 Å². The average Bonchev–Trinajstić information content (AvgIpc) is 2.52. The van der Waals surface area contributed by atoms with Crippen LogP contribution < -0.4 is 15.4 Å². The third kappa shape index (κ3) is 3.77. The van der Waals surface area contributed by atoms with E-state index in [1.807, 2.05) is 24.5 Å². The molecule has 116 valence electrons. The maximum atomic E-state index is 5.97. The first-order valence-corrected chi connectivity index (χ1v) is 7.78. The Balaban J connectivity index is 1.51. The van der Waals surface area contributed by atoms with Gasteiger partial charge in [-0.05, 0) is 62.2 Å². The molecule has 0 aliphatic carbocycles. The van der Waals surface area contributed by atoms with Gasteiger partial charge in [0.15, 0.2) is 0 Å². The minimum absolute atomic E-state index is 0.138. The number of anilines is 1. The van der Waals surface area contributed by atoms with E-state index < -0.39 is 0 Å². The van der Waals surface area contributed by atoms with Crippen molar-refractivity contribution in [2.24, 2.45) is 0 Å². The van der Waals surface area contributed by atoms with Gasteiger partial charge in [-0.3, -0.25) is 4.98 Å². The largest absolute Gasteiger partial charge is 0.484 e. The normalized spacial score (nSPS) is 15.5. The summed E-state index contributed by atoms with van der Waals surface area (Å²) in [7, 11) is 0. The second-order valence-electron chi connectivity index (χ2n) is 6.33. The smallest absolute Gasteiger partial charge is 0.143 e. The summed E-state index contributed by atoms with van der Waals surface area (Å²) in [6, 6.07) is 10.5. The van der Waals surface area contributed by atoms with Gasteiger partial charge >= 0.3 is 0 Å². The van der Waals surface area contributed by atoms with Crippen molar-refractivity contribution in [2.75, 3.05) is 18.4 Å². The van der Waals surface area contributed by atoms with Crippen LogP contribution in [-0.4, -0.2) is 23.7 Å². The molecular weight excluding hydrogens is 274 g/mol. The van der Waals surface area contributed by atoms with Crippen molar-refractivity contribution in [3.63, 3.8) is 0 Å². The van der Waals surface area contributed by atoms with Crippen LogP contribution in [0, 0.1) is 0 Å². The van der Waals surface area contributed by atoms with Gasteiger partial charge in [0, 0.05) is 18.9 Å². The molecule has 0 amide bonds. The third-order valence-corrected chi connectivity index (χ3v) is 3.80. The molecule has 1 aliphatic heterocycles. The highest BCUT2D eigenvalue weighted by atomic mass is 16.5. The quantitative estimate of drug-likeness (QED) is 0.833. The van der Waals surface area contributed by atoms with E-state index in [1.165, 1.54) is 11.1 Å². The van der Waals surface area contributed by atoms with Crippen LogP contribution in [0.2, 0.25) is 0 Å². The van der Waals surface area contributed by atoms with Crippen molar-refractivity contribution in [2.45, 2.75) is 32.4 Å². The summed E-state index contributed by atoms with van der Waals surface area (Å²) in [6.45, 7) is 6.86. The van der Waals surface area contributed by atoms with Crippen LogP contribution in [0.1, 0.15) is 25.0 Å². The molecular formula is C18H23N3O. The molecule has 0 saturated heterocycles. The molecule has 0 spiro atoms. The van der Waals surface area contributed by atoms with Gasteiger partial charge in [0.05, 0.1) is 12.2 Å². The summed E-state index contributed by atoms with van der Waals surface area (Å²) in [4.78, 5) is 4.03. The van der Waals surface area contributed by atoms with Crippen molar-refractivity contribution < 1.29 is 4.74 Å². The first kappa shape index (κ1) is 14.9. The molecule has 0 radical (unpaired) electrons. The lowest BCUT2D eigenvalue weighted by atomic mass is 10.0. The molecule has 2 aromatic rings. The highest BCUT2D eigenvalue weighted by molar-refractivity contribution is 5.60. The molecule has 0 fully saturated rings.